The number of rotatable bonds is 10. The van der Waals surface area contributed by atoms with Crippen molar-refractivity contribution in [1.29, 1.82) is 0 Å². The van der Waals surface area contributed by atoms with Gasteiger partial charge in [0.25, 0.3) is 5.91 Å². The van der Waals surface area contributed by atoms with Gasteiger partial charge < -0.3 is 19.5 Å². The van der Waals surface area contributed by atoms with Crippen molar-refractivity contribution in [2.24, 2.45) is 4.99 Å². The summed E-state index contributed by atoms with van der Waals surface area (Å²) in [4.78, 5) is 16.9. The molecule has 1 N–H and O–H groups in total. The molecule has 0 aromatic heterocycles. The smallest absolute Gasteiger partial charge is 0.262 e. The Balaban J connectivity index is 1.41. The summed E-state index contributed by atoms with van der Waals surface area (Å²) in [5.74, 6) is 1.94. The summed E-state index contributed by atoms with van der Waals surface area (Å²) in [5.41, 5.74) is 3.24. The number of carbonyl (C=O) groups is 1. The monoisotopic (exact) mass is 514 g/mol. The number of nitrogens with one attached hydrogen (secondary N) is 1. The zero-order chi connectivity index (χ0) is 26.0. The van der Waals surface area contributed by atoms with E-state index in [1.165, 1.54) is 0 Å². The van der Waals surface area contributed by atoms with E-state index in [0.29, 0.717) is 28.8 Å². The van der Waals surface area contributed by atoms with Crippen molar-refractivity contribution >= 4 is 35.1 Å². The number of aliphatic imine (C=N–C) groups is 1. The van der Waals surface area contributed by atoms with Crippen LogP contribution in [0.4, 0.5) is 11.4 Å². The first-order chi connectivity index (χ1) is 18.0. The Hall–Kier alpha value is -4.29. The molecule has 4 aromatic rings. The van der Waals surface area contributed by atoms with Crippen LogP contribution in [0.1, 0.15) is 18.1 Å². The number of aryl methyl sites for hydroxylation is 1. The van der Waals surface area contributed by atoms with Crippen molar-refractivity contribution in [3.63, 3.8) is 0 Å². The van der Waals surface area contributed by atoms with E-state index < -0.39 is 0 Å². The molecule has 0 aliphatic rings. The molecule has 6 nitrogen and oxygen atoms in total. The molecule has 0 spiro atoms. The largest absolute Gasteiger partial charge is 0.490 e. The maximum absolute atomic E-state index is 12.4. The minimum absolute atomic E-state index is 0.210. The van der Waals surface area contributed by atoms with Crippen LogP contribution in [0.2, 0.25) is 5.02 Å². The molecule has 1 amide bonds. The molecule has 0 saturated heterocycles. The Morgan fingerprint density at radius 2 is 1.68 bits per heavy atom. The number of carbonyl (C=O) groups excluding carboxylic acids is 1. The third-order valence-corrected chi connectivity index (χ3v) is 5.44. The van der Waals surface area contributed by atoms with Gasteiger partial charge in [0.2, 0.25) is 0 Å². The highest BCUT2D eigenvalue weighted by molar-refractivity contribution is 6.32. The molecule has 0 aliphatic carbocycles. The molecular weight excluding hydrogens is 488 g/mol. The molecule has 37 heavy (non-hydrogen) atoms. The molecule has 0 radical (unpaired) electrons. The number of amides is 1. The van der Waals surface area contributed by atoms with Gasteiger partial charge in [0, 0.05) is 11.9 Å². The zero-order valence-electron chi connectivity index (χ0n) is 20.6. The lowest BCUT2D eigenvalue weighted by atomic mass is 10.2. The predicted octanol–water partition coefficient (Wildman–Crippen LogP) is 7.61. The fraction of sp³-hybridized carbons (Fsp3) is 0.133. The number of nitrogens with zero attached hydrogens (tertiary/aromatic N) is 1. The van der Waals surface area contributed by atoms with Crippen LogP contribution in [0.3, 0.4) is 0 Å². The van der Waals surface area contributed by atoms with Crippen molar-refractivity contribution < 1.29 is 19.0 Å². The Morgan fingerprint density at radius 1 is 0.919 bits per heavy atom. The number of para-hydroxylation sites is 1. The number of benzene rings is 4. The summed E-state index contributed by atoms with van der Waals surface area (Å²) >= 11 is 6.50. The minimum atomic E-state index is -0.297. The van der Waals surface area contributed by atoms with Crippen LogP contribution in [-0.4, -0.2) is 25.3 Å². The molecule has 0 fully saturated rings. The van der Waals surface area contributed by atoms with Gasteiger partial charge in [-0.15, -0.1) is 0 Å². The molecule has 0 aliphatic heterocycles. The average Bonchev–Trinajstić information content (AvgIpc) is 2.88. The Morgan fingerprint density at radius 3 is 2.41 bits per heavy atom. The van der Waals surface area contributed by atoms with Crippen LogP contribution in [0.15, 0.2) is 96.0 Å². The lowest BCUT2D eigenvalue weighted by molar-refractivity contribution is -0.118. The van der Waals surface area contributed by atoms with Gasteiger partial charge in [0.1, 0.15) is 11.5 Å². The van der Waals surface area contributed by atoms with E-state index in [4.69, 9.17) is 25.8 Å². The van der Waals surface area contributed by atoms with Gasteiger partial charge in [-0.1, -0.05) is 41.9 Å². The SMILES string of the molecule is CCOc1cc(C=Nc2ccc(Oc3ccccc3)cc2)cc(Cl)c1OCC(=O)Nc1cccc(C)c1. The third-order valence-electron chi connectivity index (χ3n) is 5.16. The van der Waals surface area contributed by atoms with Crippen molar-refractivity contribution in [2.45, 2.75) is 13.8 Å². The fourth-order valence-electron chi connectivity index (χ4n) is 3.50. The number of halogens is 1. The first kappa shape index (κ1) is 25.8. The number of anilines is 1. The fourth-order valence-corrected chi connectivity index (χ4v) is 3.77. The van der Waals surface area contributed by atoms with Crippen molar-refractivity contribution in [2.75, 3.05) is 18.5 Å². The average molecular weight is 515 g/mol. The molecule has 4 aromatic carbocycles. The Bertz CT molecular complexity index is 1370. The van der Waals surface area contributed by atoms with Crippen molar-refractivity contribution in [1.82, 2.24) is 0 Å². The first-order valence-corrected chi connectivity index (χ1v) is 12.2. The normalized spacial score (nSPS) is 10.8. The van der Waals surface area contributed by atoms with E-state index in [-0.39, 0.29) is 12.5 Å². The van der Waals surface area contributed by atoms with E-state index in [0.717, 1.165) is 28.3 Å². The summed E-state index contributed by atoms with van der Waals surface area (Å²) < 4.78 is 17.3. The van der Waals surface area contributed by atoms with Crippen LogP contribution in [-0.2, 0) is 4.79 Å². The summed E-state index contributed by atoms with van der Waals surface area (Å²) in [5, 5.41) is 3.13. The lowest BCUT2D eigenvalue weighted by Gasteiger charge is -2.14. The molecular formula is C30H27ClN2O4. The summed E-state index contributed by atoms with van der Waals surface area (Å²) in [7, 11) is 0. The molecule has 0 bridgehead atoms. The maximum atomic E-state index is 12.4. The molecule has 0 atom stereocenters. The molecule has 0 unspecified atom stereocenters. The predicted molar refractivity (Wildman–Crippen MR) is 148 cm³/mol. The topological polar surface area (TPSA) is 69.1 Å². The van der Waals surface area contributed by atoms with Crippen LogP contribution in [0.5, 0.6) is 23.0 Å². The number of hydrogen-bond donors (Lipinski definition) is 1. The lowest BCUT2D eigenvalue weighted by Crippen LogP contribution is -2.20. The van der Waals surface area contributed by atoms with Crippen LogP contribution in [0, 0.1) is 6.92 Å². The minimum Gasteiger partial charge on any atom is -0.490 e. The first-order valence-electron chi connectivity index (χ1n) is 11.8. The van der Waals surface area contributed by atoms with Crippen molar-refractivity contribution in [3.05, 3.63) is 107 Å². The van der Waals surface area contributed by atoms with Gasteiger partial charge in [0.15, 0.2) is 18.1 Å². The van der Waals surface area contributed by atoms with Gasteiger partial charge >= 0.3 is 0 Å². The highest BCUT2D eigenvalue weighted by Crippen LogP contribution is 2.36. The van der Waals surface area contributed by atoms with Gasteiger partial charge in [-0.2, -0.15) is 0 Å². The maximum Gasteiger partial charge on any atom is 0.262 e. The molecule has 188 valence electrons. The van der Waals surface area contributed by atoms with Gasteiger partial charge in [0.05, 0.1) is 17.3 Å². The third kappa shape index (κ3) is 7.59. The standard InChI is InChI=1S/C30H27ClN2O4/c1-3-35-28-18-22(19-32-23-12-14-26(15-13-23)37-25-10-5-4-6-11-25)17-27(31)30(28)36-20-29(34)33-24-9-7-8-21(2)16-24/h4-19H,3,20H2,1-2H3,(H,33,34). The molecule has 7 heteroatoms. The Kier molecular flexibility index (Phi) is 8.79. The van der Waals surface area contributed by atoms with Crippen LogP contribution >= 0.6 is 11.6 Å². The Labute approximate surface area is 221 Å². The van der Waals surface area contributed by atoms with E-state index in [2.05, 4.69) is 10.3 Å². The number of ether oxygens (including phenoxy) is 3. The highest BCUT2D eigenvalue weighted by atomic mass is 35.5. The van der Waals surface area contributed by atoms with Gasteiger partial charge in [-0.25, -0.2) is 0 Å². The van der Waals surface area contributed by atoms with Gasteiger partial charge in [-0.05, 0) is 85.6 Å². The highest BCUT2D eigenvalue weighted by Gasteiger charge is 2.14. The van der Waals surface area contributed by atoms with Gasteiger partial charge in [-0.3, -0.25) is 9.79 Å². The summed E-state index contributed by atoms with van der Waals surface area (Å²) in [6.07, 6.45) is 1.69. The van der Waals surface area contributed by atoms with E-state index in [1.807, 2.05) is 92.7 Å². The number of hydrogen-bond acceptors (Lipinski definition) is 5. The molecule has 0 saturated carbocycles. The van der Waals surface area contributed by atoms with E-state index >= 15 is 0 Å². The summed E-state index contributed by atoms with van der Waals surface area (Å²) in [6.45, 7) is 4.02. The second-order valence-corrected chi connectivity index (χ2v) is 8.54. The second-order valence-electron chi connectivity index (χ2n) is 8.14. The zero-order valence-corrected chi connectivity index (χ0v) is 21.4. The summed E-state index contributed by atoms with van der Waals surface area (Å²) in [6, 6.07) is 28.1. The quantitative estimate of drug-likeness (QED) is 0.221. The second kappa shape index (κ2) is 12.6. The van der Waals surface area contributed by atoms with E-state index in [9.17, 15) is 4.79 Å². The molecule has 0 heterocycles. The van der Waals surface area contributed by atoms with Crippen LogP contribution < -0.4 is 19.5 Å². The van der Waals surface area contributed by atoms with Crippen molar-refractivity contribution in [3.8, 4) is 23.0 Å². The molecule has 4 rings (SSSR count). The van der Waals surface area contributed by atoms with E-state index in [1.54, 1.807) is 18.3 Å². The van der Waals surface area contributed by atoms with Crippen LogP contribution in [0.25, 0.3) is 0 Å².